The molecule has 0 aliphatic carbocycles. The number of carboxylic acids is 1. The second-order valence-corrected chi connectivity index (χ2v) is 4.58. The molecule has 2 aromatic rings. The smallest absolute Gasteiger partial charge is 0.338 e. The zero-order valence-electron chi connectivity index (χ0n) is 10.7. The highest BCUT2D eigenvalue weighted by molar-refractivity contribution is 6.04. The molecule has 0 saturated carbocycles. The summed E-state index contributed by atoms with van der Waals surface area (Å²) in [4.78, 5) is 11.4. The van der Waals surface area contributed by atoms with Gasteiger partial charge >= 0.3 is 5.97 Å². The number of carbonyl (C=O) groups is 1. The summed E-state index contributed by atoms with van der Waals surface area (Å²) >= 11 is 0. The minimum atomic E-state index is -0.870. The lowest BCUT2D eigenvalue weighted by Crippen LogP contribution is -2.10. The number of aryl methyl sites for hydroxylation is 3. The maximum atomic E-state index is 11.4. The molecule has 0 aliphatic rings. The minimum Gasteiger partial charge on any atom is -0.478 e. The van der Waals surface area contributed by atoms with E-state index in [2.05, 4.69) is 4.57 Å². The molecule has 0 bridgehead atoms. The van der Waals surface area contributed by atoms with E-state index < -0.39 is 5.97 Å². The number of aromatic carboxylic acids is 1. The maximum Gasteiger partial charge on any atom is 0.338 e. The van der Waals surface area contributed by atoms with E-state index in [1.807, 2.05) is 32.0 Å². The summed E-state index contributed by atoms with van der Waals surface area (Å²) in [6.07, 6.45) is 0.845. The SMILES string of the molecule is Cc1ccc2cc(C)n(CCCN)c2c1C(=O)O. The fourth-order valence-electron chi connectivity index (χ4n) is 2.40. The second kappa shape index (κ2) is 4.82. The van der Waals surface area contributed by atoms with Crippen molar-refractivity contribution in [3.8, 4) is 0 Å². The van der Waals surface area contributed by atoms with Crippen molar-refractivity contribution in [1.29, 1.82) is 0 Å². The first-order valence-corrected chi connectivity index (χ1v) is 6.09. The second-order valence-electron chi connectivity index (χ2n) is 4.58. The Balaban J connectivity index is 2.72. The Bertz CT molecular complexity index is 599. The molecule has 4 nitrogen and oxygen atoms in total. The highest BCUT2D eigenvalue weighted by atomic mass is 16.4. The van der Waals surface area contributed by atoms with Crippen LogP contribution in [0.2, 0.25) is 0 Å². The van der Waals surface area contributed by atoms with Crippen molar-refractivity contribution >= 4 is 16.9 Å². The maximum absolute atomic E-state index is 11.4. The molecule has 1 aromatic heterocycles. The number of fused-ring (bicyclic) bond motifs is 1. The number of hydrogen-bond acceptors (Lipinski definition) is 2. The van der Waals surface area contributed by atoms with Crippen LogP contribution in [0.4, 0.5) is 0 Å². The molecule has 0 aliphatic heterocycles. The van der Waals surface area contributed by atoms with Crippen LogP contribution >= 0.6 is 0 Å². The number of rotatable bonds is 4. The first-order valence-electron chi connectivity index (χ1n) is 6.09. The average molecular weight is 246 g/mol. The number of carboxylic acid groups (broad SMARTS) is 1. The first kappa shape index (κ1) is 12.6. The van der Waals surface area contributed by atoms with E-state index in [1.165, 1.54) is 0 Å². The van der Waals surface area contributed by atoms with Crippen LogP contribution in [0.15, 0.2) is 18.2 Å². The van der Waals surface area contributed by atoms with Gasteiger partial charge in [0, 0.05) is 17.6 Å². The Kier molecular flexibility index (Phi) is 3.39. The zero-order chi connectivity index (χ0) is 13.3. The number of hydrogen-bond donors (Lipinski definition) is 2. The molecule has 0 spiro atoms. The molecule has 96 valence electrons. The van der Waals surface area contributed by atoms with Crippen molar-refractivity contribution in [2.24, 2.45) is 5.73 Å². The van der Waals surface area contributed by atoms with Gasteiger partial charge in [0.1, 0.15) is 0 Å². The van der Waals surface area contributed by atoms with Gasteiger partial charge in [0.2, 0.25) is 0 Å². The molecule has 0 fully saturated rings. The predicted molar refractivity (Wildman–Crippen MR) is 72.0 cm³/mol. The molecule has 0 radical (unpaired) electrons. The standard InChI is InChI=1S/C14H18N2O2/c1-9-4-5-11-8-10(2)16(7-3-6-15)13(11)12(9)14(17)18/h4-5,8H,3,6-7,15H2,1-2H3,(H,17,18). The van der Waals surface area contributed by atoms with Crippen molar-refractivity contribution in [3.63, 3.8) is 0 Å². The van der Waals surface area contributed by atoms with Crippen molar-refractivity contribution in [2.45, 2.75) is 26.8 Å². The van der Waals surface area contributed by atoms with E-state index in [0.717, 1.165) is 35.1 Å². The van der Waals surface area contributed by atoms with Crippen LogP contribution in [0, 0.1) is 13.8 Å². The van der Waals surface area contributed by atoms with E-state index in [0.29, 0.717) is 12.1 Å². The van der Waals surface area contributed by atoms with Gasteiger partial charge in [0.25, 0.3) is 0 Å². The zero-order valence-corrected chi connectivity index (χ0v) is 10.7. The molecule has 0 atom stereocenters. The molecule has 0 amide bonds. The summed E-state index contributed by atoms with van der Waals surface area (Å²) in [5.74, 6) is -0.870. The lowest BCUT2D eigenvalue weighted by atomic mass is 10.1. The largest absolute Gasteiger partial charge is 0.478 e. The summed E-state index contributed by atoms with van der Waals surface area (Å²) < 4.78 is 2.05. The first-order chi connectivity index (χ1) is 8.56. The molecule has 4 heteroatoms. The summed E-state index contributed by atoms with van der Waals surface area (Å²) in [5.41, 5.74) is 8.62. The monoisotopic (exact) mass is 246 g/mol. The quantitative estimate of drug-likeness (QED) is 0.869. The van der Waals surface area contributed by atoms with Gasteiger partial charge in [-0.3, -0.25) is 0 Å². The highest BCUT2D eigenvalue weighted by Crippen LogP contribution is 2.26. The third-order valence-electron chi connectivity index (χ3n) is 3.28. The van der Waals surface area contributed by atoms with Crippen molar-refractivity contribution in [2.75, 3.05) is 6.54 Å². The number of benzene rings is 1. The van der Waals surface area contributed by atoms with Gasteiger partial charge in [-0.25, -0.2) is 4.79 Å². The van der Waals surface area contributed by atoms with Crippen molar-refractivity contribution < 1.29 is 9.90 Å². The molecular weight excluding hydrogens is 228 g/mol. The van der Waals surface area contributed by atoms with Gasteiger partial charge in [0.15, 0.2) is 0 Å². The van der Waals surface area contributed by atoms with E-state index in [4.69, 9.17) is 5.73 Å². The fourth-order valence-corrected chi connectivity index (χ4v) is 2.40. The van der Waals surface area contributed by atoms with Crippen LogP contribution in [0.25, 0.3) is 10.9 Å². The third kappa shape index (κ3) is 1.99. The lowest BCUT2D eigenvalue weighted by molar-refractivity contribution is 0.0698. The topological polar surface area (TPSA) is 68.2 Å². The Morgan fingerprint density at radius 3 is 2.72 bits per heavy atom. The summed E-state index contributed by atoms with van der Waals surface area (Å²) in [6.45, 7) is 5.19. The van der Waals surface area contributed by atoms with Gasteiger partial charge in [-0.05, 0) is 38.4 Å². The molecule has 0 saturated heterocycles. The van der Waals surface area contributed by atoms with Gasteiger partial charge in [-0.2, -0.15) is 0 Å². The molecule has 0 unspecified atom stereocenters. The number of aromatic nitrogens is 1. The third-order valence-corrected chi connectivity index (χ3v) is 3.28. The Morgan fingerprint density at radius 1 is 1.39 bits per heavy atom. The Morgan fingerprint density at radius 2 is 2.11 bits per heavy atom. The lowest BCUT2D eigenvalue weighted by Gasteiger charge is -2.10. The van der Waals surface area contributed by atoms with Crippen LogP contribution in [0.1, 0.15) is 28.0 Å². The van der Waals surface area contributed by atoms with Gasteiger partial charge in [-0.1, -0.05) is 12.1 Å². The van der Waals surface area contributed by atoms with Crippen LogP contribution < -0.4 is 5.73 Å². The number of nitrogens with two attached hydrogens (primary N) is 1. The summed E-state index contributed by atoms with van der Waals surface area (Å²) in [6, 6.07) is 5.86. The van der Waals surface area contributed by atoms with E-state index >= 15 is 0 Å². The fraction of sp³-hybridized carbons (Fsp3) is 0.357. The molecule has 1 aromatic carbocycles. The van der Waals surface area contributed by atoms with E-state index in [1.54, 1.807) is 0 Å². The summed E-state index contributed by atoms with van der Waals surface area (Å²) in [5, 5.41) is 10.4. The normalized spacial score (nSPS) is 11.1. The van der Waals surface area contributed by atoms with Crippen LogP contribution in [0.5, 0.6) is 0 Å². The van der Waals surface area contributed by atoms with Crippen LogP contribution in [-0.4, -0.2) is 22.2 Å². The minimum absolute atomic E-state index is 0.401. The Hall–Kier alpha value is -1.81. The van der Waals surface area contributed by atoms with Crippen LogP contribution in [-0.2, 0) is 6.54 Å². The average Bonchev–Trinajstić information content (AvgIpc) is 2.62. The summed E-state index contributed by atoms with van der Waals surface area (Å²) in [7, 11) is 0. The van der Waals surface area contributed by atoms with Gasteiger partial charge in [0.05, 0.1) is 11.1 Å². The van der Waals surface area contributed by atoms with Gasteiger partial charge < -0.3 is 15.4 Å². The van der Waals surface area contributed by atoms with Crippen molar-refractivity contribution in [3.05, 3.63) is 35.0 Å². The highest BCUT2D eigenvalue weighted by Gasteiger charge is 2.16. The van der Waals surface area contributed by atoms with E-state index in [9.17, 15) is 9.90 Å². The predicted octanol–water partition coefficient (Wildman–Crippen LogP) is 2.31. The van der Waals surface area contributed by atoms with Crippen LogP contribution in [0.3, 0.4) is 0 Å². The molecule has 3 N–H and O–H groups in total. The Labute approximate surface area is 106 Å². The molecule has 1 heterocycles. The molecule has 2 rings (SSSR count). The molecule has 18 heavy (non-hydrogen) atoms. The van der Waals surface area contributed by atoms with Crippen molar-refractivity contribution in [1.82, 2.24) is 4.57 Å². The molecular formula is C14H18N2O2. The van der Waals surface area contributed by atoms with Gasteiger partial charge in [-0.15, -0.1) is 0 Å². The van der Waals surface area contributed by atoms with E-state index in [-0.39, 0.29) is 0 Å². The number of nitrogens with zero attached hydrogens (tertiary/aromatic N) is 1.